The maximum atomic E-state index is 12.7. The smallest absolute Gasteiger partial charge is 0.261 e. The third-order valence-electron chi connectivity index (χ3n) is 5.47. The van der Waals surface area contributed by atoms with Gasteiger partial charge in [-0.3, -0.25) is 23.9 Å². The minimum absolute atomic E-state index is 0.00906. The minimum atomic E-state index is -0.212. The maximum Gasteiger partial charge on any atom is 0.261 e. The van der Waals surface area contributed by atoms with E-state index in [0.29, 0.717) is 42.4 Å². The molecule has 1 fully saturated rings. The van der Waals surface area contributed by atoms with E-state index in [0.717, 1.165) is 5.56 Å². The Labute approximate surface area is 173 Å². The normalized spacial score (nSPS) is 14.6. The third-order valence-corrected chi connectivity index (χ3v) is 5.47. The first-order chi connectivity index (χ1) is 14.5. The number of carbonyl (C=O) groups is 2. The summed E-state index contributed by atoms with van der Waals surface area (Å²) < 4.78 is 1.36. The Morgan fingerprint density at radius 1 is 1.17 bits per heavy atom. The number of nitrogens with one attached hydrogen (secondary N) is 1. The summed E-state index contributed by atoms with van der Waals surface area (Å²) in [4.78, 5) is 47.7. The maximum absolute atomic E-state index is 12.7. The molecule has 0 saturated carbocycles. The van der Waals surface area contributed by atoms with Gasteiger partial charge in [0, 0.05) is 31.5 Å². The second-order valence-corrected chi connectivity index (χ2v) is 7.52. The lowest BCUT2D eigenvalue weighted by atomic mass is 10.0. The molecule has 0 spiro atoms. The van der Waals surface area contributed by atoms with Crippen molar-refractivity contribution >= 4 is 22.7 Å². The Hall–Kier alpha value is -3.55. The Morgan fingerprint density at radius 2 is 1.97 bits per heavy atom. The van der Waals surface area contributed by atoms with Crippen LogP contribution in [0.2, 0.25) is 0 Å². The summed E-state index contributed by atoms with van der Waals surface area (Å²) in [5.41, 5.74) is 1.90. The number of amides is 2. The van der Waals surface area contributed by atoms with Gasteiger partial charge in [0.2, 0.25) is 5.91 Å². The lowest BCUT2D eigenvalue weighted by molar-refractivity contribution is -0.133. The molecular formula is C22H23N5O3. The van der Waals surface area contributed by atoms with E-state index >= 15 is 0 Å². The van der Waals surface area contributed by atoms with Crippen LogP contribution in [0.1, 0.15) is 28.8 Å². The fraction of sp³-hybridized carbons (Fsp3) is 0.318. The average molecular weight is 405 g/mol. The van der Waals surface area contributed by atoms with Crippen molar-refractivity contribution in [3.05, 3.63) is 70.5 Å². The molecule has 1 aliphatic heterocycles. The van der Waals surface area contributed by atoms with E-state index in [1.165, 1.54) is 17.1 Å². The van der Waals surface area contributed by atoms with Gasteiger partial charge < -0.3 is 10.2 Å². The zero-order chi connectivity index (χ0) is 21.1. The molecule has 8 nitrogen and oxygen atoms in total. The molecule has 0 bridgehead atoms. The van der Waals surface area contributed by atoms with Crippen molar-refractivity contribution in [2.24, 2.45) is 0 Å². The number of piperidine rings is 1. The van der Waals surface area contributed by atoms with Crippen molar-refractivity contribution in [3.63, 3.8) is 0 Å². The zero-order valence-corrected chi connectivity index (χ0v) is 16.7. The van der Waals surface area contributed by atoms with Crippen LogP contribution in [-0.2, 0) is 11.3 Å². The fourth-order valence-corrected chi connectivity index (χ4v) is 3.73. The van der Waals surface area contributed by atoms with Crippen LogP contribution >= 0.6 is 0 Å². The van der Waals surface area contributed by atoms with Crippen molar-refractivity contribution in [2.45, 2.75) is 32.4 Å². The number of nitrogens with zero attached hydrogens (tertiary/aromatic N) is 4. The first kappa shape index (κ1) is 19.8. The highest BCUT2D eigenvalue weighted by Crippen LogP contribution is 2.13. The first-order valence-electron chi connectivity index (χ1n) is 9.96. The van der Waals surface area contributed by atoms with Gasteiger partial charge in [-0.1, -0.05) is 12.1 Å². The highest BCUT2D eigenvalue weighted by Gasteiger charge is 2.24. The molecule has 30 heavy (non-hydrogen) atoms. The Morgan fingerprint density at radius 3 is 2.70 bits per heavy atom. The highest BCUT2D eigenvalue weighted by molar-refractivity contribution is 5.94. The lowest BCUT2D eigenvalue weighted by Crippen LogP contribution is -2.47. The van der Waals surface area contributed by atoms with Crippen molar-refractivity contribution in [1.29, 1.82) is 0 Å². The van der Waals surface area contributed by atoms with Gasteiger partial charge in [-0.25, -0.2) is 4.98 Å². The van der Waals surface area contributed by atoms with Gasteiger partial charge in [-0.15, -0.1) is 0 Å². The van der Waals surface area contributed by atoms with Crippen LogP contribution in [0.3, 0.4) is 0 Å². The quantitative estimate of drug-likeness (QED) is 0.710. The van der Waals surface area contributed by atoms with Crippen molar-refractivity contribution in [3.8, 4) is 0 Å². The van der Waals surface area contributed by atoms with E-state index in [1.54, 1.807) is 29.3 Å². The standard InChI is InChI=1S/C22H23N5O3/c1-15-4-2-6-18-20(15)24-14-27(22(18)30)13-19(28)26-10-7-17(8-11-26)25-21(29)16-5-3-9-23-12-16/h2-6,9,12,14,17H,7-8,10-11,13H2,1H3,(H,25,29). The summed E-state index contributed by atoms with van der Waals surface area (Å²) in [6.07, 6.45) is 5.93. The van der Waals surface area contributed by atoms with Gasteiger partial charge in [0.25, 0.3) is 11.5 Å². The van der Waals surface area contributed by atoms with Gasteiger partial charge in [0.1, 0.15) is 6.54 Å². The molecule has 2 aromatic heterocycles. The number of rotatable bonds is 4. The Bertz CT molecular complexity index is 1130. The van der Waals surface area contributed by atoms with Crippen molar-refractivity contribution in [2.75, 3.05) is 13.1 Å². The topological polar surface area (TPSA) is 97.2 Å². The molecule has 1 aromatic carbocycles. The number of aromatic nitrogens is 3. The second kappa shape index (κ2) is 8.44. The molecule has 0 atom stereocenters. The highest BCUT2D eigenvalue weighted by atomic mass is 16.2. The lowest BCUT2D eigenvalue weighted by Gasteiger charge is -2.32. The second-order valence-electron chi connectivity index (χ2n) is 7.52. The number of pyridine rings is 1. The summed E-state index contributed by atoms with van der Waals surface area (Å²) in [5, 5.41) is 3.51. The minimum Gasteiger partial charge on any atom is -0.349 e. The van der Waals surface area contributed by atoms with E-state index in [9.17, 15) is 14.4 Å². The largest absolute Gasteiger partial charge is 0.349 e. The number of hydrogen-bond acceptors (Lipinski definition) is 5. The molecule has 3 heterocycles. The molecule has 0 unspecified atom stereocenters. The van der Waals surface area contributed by atoms with Crippen LogP contribution < -0.4 is 10.9 Å². The monoisotopic (exact) mass is 405 g/mol. The van der Waals surface area contributed by atoms with E-state index in [2.05, 4.69) is 15.3 Å². The summed E-state index contributed by atoms with van der Waals surface area (Å²) in [6.45, 7) is 2.93. The molecule has 1 saturated heterocycles. The number of carbonyl (C=O) groups excluding carboxylic acids is 2. The number of aryl methyl sites for hydroxylation is 1. The number of benzene rings is 1. The average Bonchev–Trinajstić information content (AvgIpc) is 2.77. The van der Waals surface area contributed by atoms with Crippen LogP contribution in [-0.4, -0.2) is 50.4 Å². The van der Waals surface area contributed by atoms with E-state index in [4.69, 9.17) is 0 Å². The summed E-state index contributed by atoms with van der Waals surface area (Å²) in [6, 6.07) is 8.90. The molecule has 3 aromatic rings. The summed E-state index contributed by atoms with van der Waals surface area (Å²) in [5.74, 6) is -0.278. The molecular weight excluding hydrogens is 382 g/mol. The molecule has 1 N–H and O–H groups in total. The van der Waals surface area contributed by atoms with Crippen LogP contribution in [0.4, 0.5) is 0 Å². The van der Waals surface area contributed by atoms with E-state index in [1.807, 2.05) is 19.1 Å². The van der Waals surface area contributed by atoms with E-state index < -0.39 is 0 Å². The number of fused-ring (bicyclic) bond motifs is 1. The van der Waals surface area contributed by atoms with Crippen LogP contribution in [0.5, 0.6) is 0 Å². The molecule has 2 amide bonds. The van der Waals surface area contributed by atoms with Gasteiger partial charge >= 0.3 is 0 Å². The molecule has 8 heteroatoms. The molecule has 0 aliphatic carbocycles. The molecule has 154 valence electrons. The van der Waals surface area contributed by atoms with Crippen molar-refractivity contribution in [1.82, 2.24) is 24.8 Å². The van der Waals surface area contributed by atoms with Gasteiger partial charge in [0.15, 0.2) is 0 Å². The van der Waals surface area contributed by atoms with E-state index in [-0.39, 0.29) is 30.0 Å². The first-order valence-corrected chi connectivity index (χ1v) is 9.96. The van der Waals surface area contributed by atoms with Gasteiger partial charge in [-0.2, -0.15) is 0 Å². The molecule has 1 aliphatic rings. The predicted molar refractivity (Wildman–Crippen MR) is 112 cm³/mol. The van der Waals surface area contributed by atoms with Crippen LogP contribution in [0, 0.1) is 6.92 Å². The van der Waals surface area contributed by atoms with Crippen LogP contribution in [0.25, 0.3) is 10.9 Å². The Kier molecular flexibility index (Phi) is 5.56. The SMILES string of the molecule is Cc1cccc2c(=O)n(CC(=O)N3CCC(NC(=O)c4cccnc4)CC3)cnc12. The Balaban J connectivity index is 1.36. The van der Waals surface area contributed by atoms with Gasteiger partial charge in [0.05, 0.1) is 22.8 Å². The molecule has 0 radical (unpaired) electrons. The summed E-state index contributed by atoms with van der Waals surface area (Å²) >= 11 is 0. The predicted octanol–water partition coefficient (Wildman–Crippen LogP) is 1.52. The molecule has 4 rings (SSSR count). The summed E-state index contributed by atoms with van der Waals surface area (Å²) in [7, 11) is 0. The number of para-hydroxylation sites is 1. The fourth-order valence-electron chi connectivity index (χ4n) is 3.73. The zero-order valence-electron chi connectivity index (χ0n) is 16.7. The van der Waals surface area contributed by atoms with Crippen LogP contribution in [0.15, 0.2) is 53.8 Å². The number of likely N-dealkylation sites (tertiary alicyclic amines) is 1. The third kappa shape index (κ3) is 4.07. The van der Waals surface area contributed by atoms with Crippen molar-refractivity contribution < 1.29 is 9.59 Å². The van der Waals surface area contributed by atoms with Gasteiger partial charge in [-0.05, 0) is 43.5 Å². The number of hydrogen-bond donors (Lipinski definition) is 1.